The molecule has 3 aromatic rings. The lowest BCUT2D eigenvalue weighted by Gasteiger charge is -2.02. The fourth-order valence-corrected chi connectivity index (χ4v) is 2.81. The van der Waals surface area contributed by atoms with E-state index >= 15 is 0 Å². The van der Waals surface area contributed by atoms with Gasteiger partial charge < -0.3 is 5.32 Å². The zero-order valence-corrected chi connectivity index (χ0v) is 15.1. The van der Waals surface area contributed by atoms with Crippen LogP contribution in [0, 0.1) is 0 Å². The van der Waals surface area contributed by atoms with Gasteiger partial charge in [-0.2, -0.15) is 15.0 Å². The summed E-state index contributed by atoms with van der Waals surface area (Å²) >= 11 is 12.1. The Bertz CT molecular complexity index is 859. The first-order valence-electron chi connectivity index (χ1n) is 7.92. The van der Waals surface area contributed by atoms with Crippen LogP contribution in [-0.4, -0.2) is 21.5 Å². The molecule has 25 heavy (non-hydrogen) atoms. The van der Waals surface area contributed by atoms with Crippen molar-refractivity contribution in [2.45, 2.75) is 13.1 Å². The molecule has 0 unspecified atom stereocenters. The van der Waals surface area contributed by atoms with Gasteiger partial charge >= 0.3 is 0 Å². The normalized spacial score (nSPS) is 10.8. The highest BCUT2D eigenvalue weighted by molar-refractivity contribution is 6.42. The van der Waals surface area contributed by atoms with Crippen LogP contribution in [-0.2, 0) is 13.1 Å². The van der Waals surface area contributed by atoms with Crippen molar-refractivity contribution in [1.82, 2.24) is 20.3 Å². The molecule has 3 rings (SSSR count). The first-order chi connectivity index (χ1) is 12.2. The zero-order valence-electron chi connectivity index (χ0n) is 13.6. The SMILES string of the molecule is C=CCNCc1nn(Cc2ccc(Cl)c(Cl)c2)nc1-c1ccccc1. The molecule has 0 saturated carbocycles. The summed E-state index contributed by atoms with van der Waals surface area (Å²) in [5.74, 6) is 0. The second-order valence-electron chi connectivity index (χ2n) is 5.56. The van der Waals surface area contributed by atoms with Gasteiger partial charge in [0.05, 0.1) is 16.6 Å². The van der Waals surface area contributed by atoms with Crippen molar-refractivity contribution in [3.8, 4) is 11.3 Å². The van der Waals surface area contributed by atoms with Gasteiger partial charge in [-0.3, -0.25) is 0 Å². The highest BCUT2D eigenvalue weighted by Gasteiger charge is 2.13. The van der Waals surface area contributed by atoms with Crippen LogP contribution in [0.4, 0.5) is 0 Å². The molecular formula is C19H18Cl2N4. The average molecular weight is 373 g/mol. The number of nitrogens with one attached hydrogen (secondary N) is 1. The predicted octanol–water partition coefficient (Wildman–Crippen LogP) is 4.58. The molecule has 0 amide bonds. The van der Waals surface area contributed by atoms with E-state index in [1.54, 1.807) is 10.9 Å². The highest BCUT2D eigenvalue weighted by Crippen LogP contribution is 2.24. The van der Waals surface area contributed by atoms with E-state index in [1.165, 1.54) is 0 Å². The van der Waals surface area contributed by atoms with E-state index in [2.05, 4.69) is 22.1 Å². The minimum absolute atomic E-state index is 0.526. The standard InChI is InChI=1S/C19H18Cl2N4/c1-2-10-22-12-18-19(15-6-4-3-5-7-15)24-25(23-18)13-14-8-9-16(20)17(21)11-14/h2-9,11,22H,1,10,12-13H2. The molecule has 0 aliphatic heterocycles. The van der Waals surface area contributed by atoms with Gasteiger partial charge in [-0.15, -0.1) is 6.58 Å². The molecule has 1 heterocycles. The van der Waals surface area contributed by atoms with Crippen molar-refractivity contribution in [3.63, 3.8) is 0 Å². The number of rotatable bonds is 7. The second-order valence-corrected chi connectivity index (χ2v) is 6.37. The van der Waals surface area contributed by atoms with Gasteiger partial charge in [-0.1, -0.05) is 65.7 Å². The van der Waals surface area contributed by atoms with Crippen LogP contribution in [0.5, 0.6) is 0 Å². The first-order valence-corrected chi connectivity index (χ1v) is 8.68. The van der Waals surface area contributed by atoms with Crippen molar-refractivity contribution >= 4 is 23.2 Å². The molecule has 0 radical (unpaired) electrons. The first kappa shape index (κ1) is 17.7. The molecule has 1 N–H and O–H groups in total. The number of hydrogen-bond acceptors (Lipinski definition) is 3. The molecule has 4 nitrogen and oxygen atoms in total. The quantitative estimate of drug-likeness (QED) is 0.487. The van der Waals surface area contributed by atoms with Crippen LogP contribution in [0.2, 0.25) is 10.0 Å². The number of hydrogen-bond donors (Lipinski definition) is 1. The third-order valence-electron chi connectivity index (χ3n) is 3.66. The molecule has 0 fully saturated rings. The number of aromatic nitrogens is 3. The number of halogens is 2. The van der Waals surface area contributed by atoms with Crippen molar-refractivity contribution in [2.75, 3.05) is 6.54 Å². The van der Waals surface area contributed by atoms with E-state index in [-0.39, 0.29) is 0 Å². The largest absolute Gasteiger partial charge is 0.308 e. The molecule has 0 aliphatic rings. The molecule has 2 aromatic carbocycles. The summed E-state index contributed by atoms with van der Waals surface area (Å²) in [6, 6.07) is 15.6. The maximum absolute atomic E-state index is 6.10. The Morgan fingerprint density at radius 2 is 1.84 bits per heavy atom. The van der Waals surface area contributed by atoms with Crippen LogP contribution >= 0.6 is 23.2 Å². The molecule has 0 spiro atoms. The smallest absolute Gasteiger partial charge is 0.117 e. The monoisotopic (exact) mass is 372 g/mol. The van der Waals surface area contributed by atoms with Gasteiger partial charge in [0.15, 0.2) is 0 Å². The molecular weight excluding hydrogens is 355 g/mol. The Kier molecular flexibility index (Phi) is 5.87. The summed E-state index contributed by atoms with van der Waals surface area (Å²) in [5.41, 5.74) is 3.80. The summed E-state index contributed by atoms with van der Waals surface area (Å²) in [6.07, 6.45) is 1.82. The van der Waals surface area contributed by atoms with Gasteiger partial charge in [0.25, 0.3) is 0 Å². The molecule has 128 valence electrons. The van der Waals surface area contributed by atoms with Crippen molar-refractivity contribution < 1.29 is 0 Å². The van der Waals surface area contributed by atoms with Crippen LogP contribution in [0.3, 0.4) is 0 Å². The number of benzene rings is 2. The zero-order chi connectivity index (χ0) is 17.6. The molecule has 0 bridgehead atoms. The third kappa shape index (κ3) is 4.48. The van der Waals surface area contributed by atoms with E-state index in [1.807, 2.05) is 48.5 Å². The van der Waals surface area contributed by atoms with Crippen LogP contribution in [0.25, 0.3) is 11.3 Å². The molecule has 0 saturated heterocycles. The fraction of sp³-hybridized carbons (Fsp3) is 0.158. The molecule has 0 aliphatic carbocycles. The molecule has 6 heteroatoms. The van der Waals surface area contributed by atoms with Crippen LogP contribution in [0.15, 0.2) is 61.2 Å². The molecule has 1 aromatic heterocycles. The summed E-state index contributed by atoms with van der Waals surface area (Å²) in [5, 5.41) is 13.7. The van der Waals surface area contributed by atoms with E-state index < -0.39 is 0 Å². The van der Waals surface area contributed by atoms with Crippen LogP contribution < -0.4 is 5.32 Å². The van der Waals surface area contributed by atoms with Gasteiger partial charge in [0.1, 0.15) is 11.4 Å². The maximum Gasteiger partial charge on any atom is 0.117 e. The Balaban J connectivity index is 1.89. The van der Waals surface area contributed by atoms with Gasteiger partial charge in [0, 0.05) is 18.7 Å². The summed E-state index contributed by atoms with van der Waals surface area (Å²) < 4.78 is 0. The Labute approximate surface area is 157 Å². The average Bonchev–Trinajstić information content (AvgIpc) is 3.02. The topological polar surface area (TPSA) is 42.7 Å². The fourth-order valence-electron chi connectivity index (χ4n) is 2.49. The summed E-state index contributed by atoms with van der Waals surface area (Å²) in [4.78, 5) is 1.69. The highest BCUT2D eigenvalue weighted by atomic mass is 35.5. The minimum atomic E-state index is 0.526. The minimum Gasteiger partial charge on any atom is -0.308 e. The van der Waals surface area contributed by atoms with Crippen molar-refractivity contribution in [2.24, 2.45) is 0 Å². The maximum atomic E-state index is 6.10. The van der Waals surface area contributed by atoms with Crippen molar-refractivity contribution in [3.05, 3.63) is 82.5 Å². The lowest BCUT2D eigenvalue weighted by Crippen LogP contribution is -2.14. The third-order valence-corrected chi connectivity index (χ3v) is 4.40. The lowest BCUT2D eigenvalue weighted by molar-refractivity contribution is 0.580. The molecule has 0 atom stereocenters. The summed E-state index contributed by atoms with van der Waals surface area (Å²) in [7, 11) is 0. The van der Waals surface area contributed by atoms with E-state index in [4.69, 9.17) is 23.2 Å². The Morgan fingerprint density at radius 3 is 2.56 bits per heavy atom. The van der Waals surface area contributed by atoms with Crippen LogP contribution in [0.1, 0.15) is 11.3 Å². The Morgan fingerprint density at radius 1 is 1.04 bits per heavy atom. The Hall–Kier alpha value is -2.14. The summed E-state index contributed by atoms with van der Waals surface area (Å²) in [6.45, 7) is 5.59. The lowest BCUT2D eigenvalue weighted by atomic mass is 10.1. The van der Waals surface area contributed by atoms with Crippen molar-refractivity contribution in [1.29, 1.82) is 0 Å². The van der Waals surface area contributed by atoms with Gasteiger partial charge in [-0.05, 0) is 17.7 Å². The van der Waals surface area contributed by atoms with E-state index in [9.17, 15) is 0 Å². The second kappa shape index (κ2) is 8.30. The van der Waals surface area contributed by atoms with Gasteiger partial charge in [0.2, 0.25) is 0 Å². The van der Waals surface area contributed by atoms with E-state index in [0.717, 1.165) is 22.5 Å². The number of nitrogens with zero attached hydrogens (tertiary/aromatic N) is 3. The predicted molar refractivity (Wildman–Crippen MR) is 103 cm³/mol. The van der Waals surface area contributed by atoms with Gasteiger partial charge in [-0.25, -0.2) is 0 Å². The van der Waals surface area contributed by atoms with E-state index in [0.29, 0.717) is 29.7 Å².